The summed E-state index contributed by atoms with van der Waals surface area (Å²) in [6.45, 7) is 3.45. The molecule has 0 radical (unpaired) electrons. The Bertz CT molecular complexity index is 953. The highest BCUT2D eigenvalue weighted by atomic mass is 32.2. The predicted octanol–water partition coefficient (Wildman–Crippen LogP) is 3.26. The van der Waals surface area contributed by atoms with Crippen LogP contribution in [0.3, 0.4) is 0 Å². The molecule has 0 aliphatic rings. The minimum Gasteiger partial charge on any atom is -0.326 e. The minimum absolute atomic E-state index is 0.120. The topological polar surface area (TPSA) is 88.9 Å². The number of benzene rings is 2. The number of hydrogen-bond acceptors (Lipinski definition) is 5. The quantitative estimate of drug-likeness (QED) is 0.640. The van der Waals surface area contributed by atoms with E-state index in [0.29, 0.717) is 10.8 Å². The lowest BCUT2D eigenvalue weighted by molar-refractivity contribution is -0.114. The van der Waals surface area contributed by atoms with Crippen LogP contribution in [0.25, 0.3) is 5.69 Å². The van der Waals surface area contributed by atoms with E-state index in [-0.39, 0.29) is 17.6 Å². The van der Waals surface area contributed by atoms with Gasteiger partial charge in [0.25, 0.3) is 0 Å². The highest BCUT2D eigenvalue weighted by molar-refractivity contribution is 7.99. The van der Waals surface area contributed by atoms with Crippen LogP contribution in [0.15, 0.2) is 60.0 Å². The molecule has 138 valence electrons. The van der Waals surface area contributed by atoms with E-state index in [1.807, 2.05) is 49.4 Å². The van der Waals surface area contributed by atoms with Crippen LogP contribution in [-0.2, 0) is 9.59 Å². The Labute approximate surface area is 161 Å². The first-order valence-electron chi connectivity index (χ1n) is 8.28. The molecule has 3 aromatic rings. The molecular weight excluding hydrogens is 362 g/mol. The lowest BCUT2D eigenvalue weighted by atomic mass is 10.2. The van der Waals surface area contributed by atoms with Crippen molar-refractivity contribution in [3.8, 4) is 5.69 Å². The predicted molar refractivity (Wildman–Crippen MR) is 106 cm³/mol. The summed E-state index contributed by atoms with van der Waals surface area (Å²) < 4.78 is 1.77. The van der Waals surface area contributed by atoms with Crippen molar-refractivity contribution in [2.45, 2.75) is 19.0 Å². The average Bonchev–Trinajstić information content (AvgIpc) is 3.10. The number of anilines is 2. The van der Waals surface area contributed by atoms with Gasteiger partial charge in [0.05, 0.1) is 11.4 Å². The van der Waals surface area contributed by atoms with Gasteiger partial charge in [-0.15, -0.1) is 10.2 Å². The van der Waals surface area contributed by atoms with E-state index in [9.17, 15) is 9.59 Å². The van der Waals surface area contributed by atoms with Crippen molar-refractivity contribution in [2.75, 3.05) is 16.4 Å². The van der Waals surface area contributed by atoms with Crippen LogP contribution in [0.1, 0.15) is 12.5 Å². The molecule has 27 heavy (non-hydrogen) atoms. The molecule has 2 N–H and O–H groups in total. The highest BCUT2D eigenvalue weighted by Crippen LogP contribution is 2.22. The Morgan fingerprint density at radius 3 is 2.59 bits per heavy atom. The van der Waals surface area contributed by atoms with Gasteiger partial charge in [-0.2, -0.15) is 0 Å². The summed E-state index contributed by atoms with van der Waals surface area (Å²) in [5, 5.41) is 14.2. The van der Waals surface area contributed by atoms with Crippen LogP contribution in [0, 0.1) is 6.92 Å². The first kappa shape index (κ1) is 18.7. The van der Waals surface area contributed by atoms with Crippen LogP contribution in [0.2, 0.25) is 0 Å². The molecule has 0 saturated carbocycles. The highest BCUT2D eigenvalue weighted by Gasteiger charge is 2.11. The van der Waals surface area contributed by atoms with Crippen LogP contribution in [-0.4, -0.2) is 32.3 Å². The van der Waals surface area contributed by atoms with Crippen LogP contribution >= 0.6 is 11.8 Å². The second-order valence-corrected chi connectivity index (χ2v) is 6.86. The van der Waals surface area contributed by atoms with Gasteiger partial charge in [0, 0.05) is 18.3 Å². The molecule has 0 aliphatic heterocycles. The molecule has 0 fully saturated rings. The number of amides is 2. The number of aryl methyl sites for hydroxylation is 1. The van der Waals surface area contributed by atoms with Gasteiger partial charge >= 0.3 is 0 Å². The maximum absolute atomic E-state index is 12.2. The van der Waals surface area contributed by atoms with E-state index in [4.69, 9.17) is 0 Å². The van der Waals surface area contributed by atoms with Gasteiger partial charge in [0.1, 0.15) is 6.33 Å². The molecule has 2 amide bonds. The van der Waals surface area contributed by atoms with Crippen molar-refractivity contribution in [3.05, 3.63) is 60.4 Å². The van der Waals surface area contributed by atoms with Crippen LogP contribution in [0.4, 0.5) is 11.4 Å². The number of hydrogen-bond donors (Lipinski definition) is 2. The Morgan fingerprint density at radius 1 is 1.07 bits per heavy atom. The Morgan fingerprint density at radius 2 is 1.85 bits per heavy atom. The van der Waals surface area contributed by atoms with Crippen molar-refractivity contribution in [3.63, 3.8) is 0 Å². The van der Waals surface area contributed by atoms with Gasteiger partial charge in [0.2, 0.25) is 11.8 Å². The smallest absolute Gasteiger partial charge is 0.234 e. The van der Waals surface area contributed by atoms with E-state index >= 15 is 0 Å². The maximum atomic E-state index is 12.2. The SMILES string of the molecule is CC(=O)Nc1cccc(-n2cnnc2SCC(=O)Nc2ccc(C)cc2)c1. The van der Waals surface area contributed by atoms with Crippen molar-refractivity contribution >= 4 is 35.0 Å². The number of nitrogens with zero attached hydrogens (tertiary/aromatic N) is 3. The summed E-state index contributed by atoms with van der Waals surface area (Å²) in [7, 11) is 0. The molecule has 1 heterocycles. The van der Waals surface area contributed by atoms with E-state index in [0.717, 1.165) is 16.9 Å². The number of carbonyl (C=O) groups is 2. The second-order valence-electron chi connectivity index (χ2n) is 5.92. The number of rotatable bonds is 6. The molecule has 0 spiro atoms. The fourth-order valence-corrected chi connectivity index (χ4v) is 3.13. The molecule has 0 bridgehead atoms. The number of aromatic nitrogens is 3. The number of carbonyl (C=O) groups excluding carboxylic acids is 2. The molecule has 3 rings (SSSR count). The van der Waals surface area contributed by atoms with E-state index in [1.165, 1.54) is 18.7 Å². The molecular formula is C19H19N5O2S. The third kappa shape index (κ3) is 5.18. The van der Waals surface area contributed by atoms with Gasteiger partial charge in [-0.25, -0.2) is 0 Å². The Balaban J connectivity index is 1.66. The van der Waals surface area contributed by atoms with Gasteiger partial charge in [-0.3, -0.25) is 14.2 Å². The molecule has 0 saturated heterocycles. The summed E-state index contributed by atoms with van der Waals surface area (Å²) in [6, 6.07) is 15.0. The molecule has 2 aromatic carbocycles. The minimum atomic E-state index is -0.140. The standard InChI is InChI=1S/C19H19N5O2S/c1-13-6-8-15(9-7-13)22-18(26)11-27-19-23-20-12-24(19)17-5-3-4-16(10-17)21-14(2)25/h3-10,12H,11H2,1-2H3,(H,21,25)(H,22,26). The monoisotopic (exact) mass is 381 g/mol. The summed E-state index contributed by atoms with van der Waals surface area (Å²) in [6.07, 6.45) is 1.58. The van der Waals surface area contributed by atoms with Gasteiger partial charge in [0.15, 0.2) is 5.16 Å². The molecule has 0 atom stereocenters. The molecule has 1 aromatic heterocycles. The molecule has 0 aliphatic carbocycles. The fraction of sp³-hybridized carbons (Fsp3) is 0.158. The van der Waals surface area contributed by atoms with E-state index in [1.54, 1.807) is 17.0 Å². The van der Waals surface area contributed by atoms with Crippen molar-refractivity contribution in [2.24, 2.45) is 0 Å². The second kappa shape index (κ2) is 8.50. The largest absolute Gasteiger partial charge is 0.326 e. The van der Waals surface area contributed by atoms with E-state index < -0.39 is 0 Å². The summed E-state index contributed by atoms with van der Waals surface area (Å²) >= 11 is 1.29. The number of nitrogens with one attached hydrogen (secondary N) is 2. The first-order valence-corrected chi connectivity index (χ1v) is 9.27. The van der Waals surface area contributed by atoms with Crippen molar-refractivity contribution in [1.82, 2.24) is 14.8 Å². The molecule has 7 nitrogen and oxygen atoms in total. The molecule has 8 heteroatoms. The summed E-state index contributed by atoms with van der Waals surface area (Å²) in [5.41, 5.74) is 3.38. The third-order valence-electron chi connectivity index (χ3n) is 3.63. The lowest BCUT2D eigenvalue weighted by Crippen LogP contribution is -2.14. The van der Waals surface area contributed by atoms with Gasteiger partial charge in [-0.05, 0) is 37.3 Å². The normalized spacial score (nSPS) is 10.4. The van der Waals surface area contributed by atoms with E-state index in [2.05, 4.69) is 20.8 Å². The Hall–Kier alpha value is -3.13. The zero-order valence-corrected chi connectivity index (χ0v) is 15.8. The summed E-state index contributed by atoms with van der Waals surface area (Å²) in [4.78, 5) is 23.4. The van der Waals surface area contributed by atoms with Crippen molar-refractivity contribution < 1.29 is 9.59 Å². The van der Waals surface area contributed by atoms with Gasteiger partial charge < -0.3 is 10.6 Å². The van der Waals surface area contributed by atoms with Gasteiger partial charge in [-0.1, -0.05) is 35.5 Å². The zero-order chi connectivity index (χ0) is 19.2. The van der Waals surface area contributed by atoms with Crippen LogP contribution < -0.4 is 10.6 Å². The maximum Gasteiger partial charge on any atom is 0.234 e. The third-order valence-corrected chi connectivity index (χ3v) is 4.57. The number of thioether (sulfide) groups is 1. The molecule has 0 unspecified atom stereocenters. The lowest BCUT2D eigenvalue weighted by Gasteiger charge is -2.09. The summed E-state index contributed by atoms with van der Waals surface area (Å²) in [5.74, 6) is -0.0542. The average molecular weight is 381 g/mol. The van der Waals surface area contributed by atoms with Crippen LogP contribution in [0.5, 0.6) is 0 Å². The zero-order valence-electron chi connectivity index (χ0n) is 15.0. The fourth-order valence-electron chi connectivity index (χ4n) is 2.40. The first-order chi connectivity index (χ1) is 13.0. The Kier molecular flexibility index (Phi) is 5.87. The van der Waals surface area contributed by atoms with Crippen molar-refractivity contribution in [1.29, 1.82) is 0 Å².